The lowest BCUT2D eigenvalue weighted by Gasteiger charge is -2.07. The van der Waals surface area contributed by atoms with Crippen molar-refractivity contribution in [3.05, 3.63) is 71.6 Å². The van der Waals surface area contributed by atoms with Crippen molar-refractivity contribution in [3.8, 4) is 10.4 Å². The molecule has 2 aromatic heterocycles. The minimum atomic E-state index is -1.21. The molecule has 0 bridgehead atoms. The van der Waals surface area contributed by atoms with E-state index in [4.69, 9.17) is 0 Å². The molecule has 0 saturated heterocycles. The number of nitrogens with zero attached hydrogens (tertiary/aromatic N) is 2. The Morgan fingerprint density at radius 2 is 1.88 bits per heavy atom. The molecule has 1 amide bonds. The maximum Gasteiger partial charge on any atom is 0.418 e. The lowest BCUT2D eigenvalue weighted by atomic mass is 10.1. The second-order valence-corrected chi connectivity index (χ2v) is 6.50. The fraction of sp³-hybridized carbons (Fsp3) is 0. The molecule has 26 heavy (non-hydrogen) atoms. The van der Waals surface area contributed by atoms with Crippen LogP contribution >= 0.6 is 11.3 Å². The largest absolute Gasteiger partial charge is 0.464 e. The molecule has 0 aliphatic rings. The highest BCUT2D eigenvalue weighted by molar-refractivity contribution is 7.13. The van der Waals surface area contributed by atoms with E-state index >= 15 is 0 Å². The molecular weight excluding hydrogens is 350 g/mol. The molecule has 0 radical (unpaired) electrons. The lowest BCUT2D eigenvalue weighted by Crippen LogP contribution is -2.18. The molecule has 0 aliphatic carbocycles. The van der Waals surface area contributed by atoms with Crippen LogP contribution in [0.5, 0.6) is 0 Å². The summed E-state index contributed by atoms with van der Waals surface area (Å²) in [6.45, 7) is 0. The number of thiophene rings is 1. The number of nitrogens with one attached hydrogen (secondary N) is 1. The van der Waals surface area contributed by atoms with Crippen LogP contribution in [0, 0.1) is 0 Å². The fourth-order valence-electron chi connectivity index (χ4n) is 2.73. The first-order valence-corrected chi connectivity index (χ1v) is 8.67. The molecule has 0 atom stereocenters. The first-order valence-electron chi connectivity index (χ1n) is 7.79. The molecular formula is C19H13N3O3S. The van der Waals surface area contributed by atoms with E-state index < -0.39 is 12.0 Å². The van der Waals surface area contributed by atoms with Crippen molar-refractivity contribution in [2.24, 2.45) is 0 Å². The summed E-state index contributed by atoms with van der Waals surface area (Å²) in [5.41, 5.74) is 2.28. The highest BCUT2D eigenvalue weighted by Gasteiger charge is 2.18. The Bertz CT molecular complexity index is 1120. The minimum absolute atomic E-state index is 0.0229. The summed E-state index contributed by atoms with van der Waals surface area (Å²) >= 11 is 1.58. The number of amides is 1. The van der Waals surface area contributed by atoms with Crippen LogP contribution in [0.1, 0.15) is 10.4 Å². The number of hydrogen-bond donors (Lipinski definition) is 2. The maximum atomic E-state index is 12.6. The third-order valence-electron chi connectivity index (χ3n) is 3.91. The Balaban J connectivity index is 1.69. The first kappa shape index (κ1) is 16.0. The highest BCUT2D eigenvalue weighted by Crippen LogP contribution is 2.26. The molecule has 0 spiro atoms. The number of carboxylic acid groups (broad SMARTS) is 1. The number of benzene rings is 2. The van der Waals surface area contributed by atoms with Crippen LogP contribution in [-0.4, -0.2) is 26.7 Å². The summed E-state index contributed by atoms with van der Waals surface area (Å²) in [4.78, 5) is 29.5. The van der Waals surface area contributed by atoms with Gasteiger partial charge < -0.3 is 5.11 Å². The zero-order valence-corrected chi connectivity index (χ0v) is 14.2. The van der Waals surface area contributed by atoms with Gasteiger partial charge in [-0.1, -0.05) is 30.3 Å². The average Bonchev–Trinajstić information content (AvgIpc) is 3.29. The number of rotatable bonds is 3. The van der Waals surface area contributed by atoms with Gasteiger partial charge in [-0.3, -0.25) is 10.1 Å². The summed E-state index contributed by atoms with van der Waals surface area (Å²) in [5.74, 6) is -0.438. The Kier molecular flexibility index (Phi) is 3.98. The average molecular weight is 363 g/mol. The zero-order chi connectivity index (χ0) is 18.1. The van der Waals surface area contributed by atoms with Gasteiger partial charge >= 0.3 is 6.09 Å². The van der Waals surface area contributed by atoms with Crippen LogP contribution in [0.15, 0.2) is 66.0 Å². The van der Waals surface area contributed by atoms with Gasteiger partial charge in [0.1, 0.15) is 0 Å². The first-order chi connectivity index (χ1) is 12.6. The van der Waals surface area contributed by atoms with E-state index in [1.165, 1.54) is 0 Å². The molecule has 4 aromatic rings. The van der Waals surface area contributed by atoms with Gasteiger partial charge in [-0.05, 0) is 41.3 Å². The van der Waals surface area contributed by atoms with E-state index in [9.17, 15) is 14.7 Å². The number of carbonyl (C=O) groups excluding carboxylic acids is 1. The predicted molar refractivity (Wildman–Crippen MR) is 101 cm³/mol. The van der Waals surface area contributed by atoms with Crippen LogP contribution in [0.3, 0.4) is 0 Å². The normalized spacial score (nSPS) is 10.8. The number of fused-ring (bicyclic) bond motifs is 1. The van der Waals surface area contributed by atoms with Gasteiger partial charge in [0.25, 0.3) is 5.91 Å². The zero-order valence-electron chi connectivity index (χ0n) is 13.4. The minimum Gasteiger partial charge on any atom is -0.464 e. The molecule has 4 rings (SSSR count). The van der Waals surface area contributed by atoms with Crippen molar-refractivity contribution in [1.29, 1.82) is 0 Å². The Morgan fingerprint density at radius 3 is 2.65 bits per heavy atom. The van der Waals surface area contributed by atoms with Crippen molar-refractivity contribution < 1.29 is 14.7 Å². The van der Waals surface area contributed by atoms with E-state index in [0.717, 1.165) is 15.0 Å². The molecule has 7 heteroatoms. The molecule has 128 valence electrons. The number of carbonyl (C=O) groups is 2. The number of para-hydroxylation sites is 2. The van der Waals surface area contributed by atoms with Crippen molar-refractivity contribution >= 4 is 40.3 Å². The number of anilines is 1. The molecule has 2 N–H and O–H groups in total. The number of hydrogen-bond acceptors (Lipinski definition) is 4. The molecule has 6 nitrogen and oxygen atoms in total. The molecule has 2 heterocycles. The van der Waals surface area contributed by atoms with Gasteiger partial charge in [-0.2, -0.15) is 0 Å². The Morgan fingerprint density at radius 1 is 1.04 bits per heavy atom. The third kappa shape index (κ3) is 2.84. The van der Waals surface area contributed by atoms with Gasteiger partial charge in [0, 0.05) is 10.4 Å². The summed E-state index contributed by atoms with van der Waals surface area (Å²) in [6, 6.07) is 17.9. The smallest absolute Gasteiger partial charge is 0.418 e. The fourth-order valence-corrected chi connectivity index (χ4v) is 3.46. The van der Waals surface area contributed by atoms with Crippen molar-refractivity contribution in [2.45, 2.75) is 0 Å². The summed E-state index contributed by atoms with van der Waals surface area (Å²) in [6.07, 6.45) is -1.21. The van der Waals surface area contributed by atoms with Crippen LogP contribution in [0.2, 0.25) is 0 Å². The molecule has 0 fully saturated rings. The van der Waals surface area contributed by atoms with E-state index in [1.807, 2.05) is 23.6 Å². The molecule has 0 unspecified atom stereocenters. The molecule has 2 aromatic carbocycles. The quantitative estimate of drug-likeness (QED) is 0.559. The summed E-state index contributed by atoms with van der Waals surface area (Å²) in [7, 11) is 0. The van der Waals surface area contributed by atoms with Crippen molar-refractivity contribution in [1.82, 2.24) is 9.55 Å². The highest BCUT2D eigenvalue weighted by atomic mass is 32.1. The van der Waals surface area contributed by atoms with Crippen LogP contribution < -0.4 is 5.32 Å². The van der Waals surface area contributed by atoms with Gasteiger partial charge in [0.05, 0.1) is 11.0 Å². The van der Waals surface area contributed by atoms with Gasteiger partial charge in [-0.25, -0.2) is 14.3 Å². The van der Waals surface area contributed by atoms with E-state index in [0.29, 0.717) is 16.6 Å². The standard InChI is InChI=1S/C19H13N3O3S/c23-17(13-6-3-5-12(11-13)16-9-4-10-26-16)21-18-20-14-7-1-2-8-15(14)22(18)19(24)25/h1-11H,(H,24,25)(H,20,21,23). The van der Waals surface area contributed by atoms with Crippen molar-refractivity contribution in [3.63, 3.8) is 0 Å². The number of aromatic nitrogens is 2. The van der Waals surface area contributed by atoms with Crippen LogP contribution in [0.25, 0.3) is 21.5 Å². The molecule has 0 saturated carbocycles. The topological polar surface area (TPSA) is 84.2 Å². The Labute approximate surface area is 152 Å². The summed E-state index contributed by atoms with van der Waals surface area (Å²) in [5, 5.41) is 14.1. The van der Waals surface area contributed by atoms with E-state index in [2.05, 4.69) is 10.3 Å². The van der Waals surface area contributed by atoms with Gasteiger partial charge in [-0.15, -0.1) is 11.3 Å². The molecule has 0 aliphatic heterocycles. The third-order valence-corrected chi connectivity index (χ3v) is 4.83. The SMILES string of the molecule is O=C(Nc1nc2ccccc2n1C(=O)O)c1cccc(-c2cccs2)c1. The van der Waals surface area contributed by atoms with Gasteiger partial charge in [0.2, 0.25) is 5.95 Å². The van der Waals surface area contributed by atoms with Crippen LogP contribution in [0.4, 0.5) is 10.7 Å². The monoisotopic (exact) mass is 363 g/mol. The van der Waals surface area contributed by atoms with Crippen LogP contribution in [-0.2, 0) is 0 Å². The predicted octanol–water partition coefficient (Wildman–Crippen LogP) is 4.54. The van der Waals surface area contributed by atoms with E-state index in [1.54, 1.807) is 53.8 Å². The maximum absolute atomic E-state index is 12.6. The second kappa shape index (κ2) is 6.45. The van der Waals surface area contributed by atoms with Crippen molar-refractivity contribution in [2.75, 3.05) is 5.32 Å². The number of imidazole rings is 1. The van der Waals surface area contributed by atoms with Gasteiger partial charge in [0.15, 0.2) is 0 Å². The summed E-state index contributed by atoms with van der Waals surface area (Å²) < 4.78 is 0.969. The Hall–Kier alpha value is -3.45. The second-order valence-electron chi connectivity index (χ2n) is 5.55. The van der Waals surface area contributed by atoms with E-state index in [-0.39, 0.29) is 5.95 Å². The lowest BCUT2D eigenvalue weighted by molar-refractivity contribution is 0.102.